The van der Waals surface area contributed by atoms with E-state index in [1.54, 1.807) is 29.3 Å². The number of H-pyrrole nitrogens is 1. The zero-order chi connectivity index (χ0) is 17.1. The number of hydrogen-bond donors (Lipinski definition) is 1. The van der Waals surface area contributed by atoms with Crippen molar-refractivity contribution in [3.8, 4) is 0 Å². The molecule has 1 atom stereocenters. The van der Waals surface area contributed by atoms with Crippen LogP contribution in [0.25, 0.3) is 10.9 Å². The van der Waals surface area contributed by atoms with Crippen LogP contribution in [-0.4, -0.2) is 32.0 Å². The van der Waals surface area contributed by atoms with Crippen molar-refractivity contribution in [3.05, 3.63) is 36.0 Å². The van der Waals surface area contributed by atoms with Gasteiger partial charge in [0.1, 0.15) is 0 Å². The Morgan fingerprint density at radius 2 is 1.96 bits per heavy atom. The number of nitrogens with zero attached hydrogens (tertiary/aromatic N) is 2. The molecule has 1 N–H and O–H groups in total. The van der Waals surface area contributed by atoms with Crippen LogP contribution in [0.15, 0.2) is 39.1 Å². The Hall–Kier alpha value is -1.31. The number of nitrogens with one attached hydrogen (secondary N) is 1. The molecule has 0 amide bonds. The summed E-state index contributed by atoms with van der Waals surface area (Å²) < 4.78 is 1.82. The minimum absolute atomic E-state index is 0.115. The second-order valence-electron chi connectivity index (χ2n) is 5.91. The van der Waals surface area contributed by atoms with Gasteiger partial charge in [0.05, 0.1) is 5.25 Å². The quantitative estimate of drug-likeness (QED) is 0.457. The second-order valence-corrected chi connectivity index (χ2v) is 9.74. The molecule has 7 heteroatoms. The van der Waals surface area contributed by atoms with E-state index in [0.717, 1.165) is 30.9 Å². The lowest BCUT2D eigenvalue weighted by Crippen LogP contribution is -2.12. The fourth-order valence-electron chi connectivity index (χ4n) is 2.24. The highest BCUT2D eigenvalue weighted by atomic mass is 32.2. The first kappa shape index (κ1) is 17.5. The summed E-state index contributed by atoms with van der Waals surface area (Å²) in [6.45, 7) is 6.30. The first-order chi connectivity index (χ1) is 11.5. The van der Waals surface area contributed by atoms with Gasteiger partial charge in [0.25, 0.3) is 0 Å². The summed E-state index contributed by atoms with van der Waals surface area (Å²) in [5.74, 6) is 1.77. The van der Waals surface area contributed by atoms with Crippen LogP contribution < -0.4 is 0 Å². The number of thioether (sulfide) groups is 2. The average Bonchev–Trinajstić information content (AvgIpc) is 3.18. The van der Waals surface area contributed by atoms with E-state index < -0.39 is 0 Å². The van der Waals surface area contributed by atoms with Gasteiger partial charge in [-0.3, -0.25) is 4.79 Å². The molecule has 126 valence electrons. The van der Waals surface area contributed by atoms with Crippen LogP contribution in [0, 0.1) is 5.92 Å². The molecule has 0 unspecified atom stereocenters. The number of Topliss-reactive ketones (excluding diaryl/α,β-unsaturated/α-hetero) is 1. The van der Waals surface area contributed by atoms with Gasteiger partial charge < -0.3 is 4.98 Å². The van der Waals surface area contributed by atoms with Crippen molar-refractivity contribution in [3.63, 3.8) is 0 Å². The van der Waals surface area contributed by atoms with E-state index in [1.165, 1.54) is 11.8 Å². The third-order valence-corrected chi connectivity index (χ3v) is 7.10. The van der Waals surface area contributed by atoms with Crippen molar-refractivity contribution in [1.82, 2.24) is 15.2 Å². The number of fused-ring (bicyclic) bond motifs is 1. The van der Waals surface area contributed by atoms with E-state index in [9.17, 15) is 4.79 Å². The van der Waals surface area contributed by atoms with Gasteiger partial charge in [0, 0.05) is 28.4 Å². The van der Waals surface area contributed by atoms with Gasteiger partial charge in [-0.05, 0) is 18.9 Å². The first-order valence-corrected chi connectivity index (χ1v) is 10.5. The van der Waals surface area contributed by atoms with E-state index in [-0.39, 0.29) is 11.0 Å². The Bertz CT molecular complexity index is 840. The third-order valence-electron chi connectivity index (χ3n) is 3.43. The lowest BCUT2D eigenvalue weighted by atomic mass is 10.1. The highest BCUT2D eigenvalue weighted by Gasteiger charge is 2.21. The molecule has 2 aromatic heterocycles. The number of para-hydroxylation sites is 1. The third kappa shape index (κ3) is 4.02. The number of aromatic amines is 1. The Labute approximate surface area is 153 Å². The molecule has 3 aromatic rings. The Balaban J connectivity index is 1.68. The van der Waals surface area contributed by atoms with Crippen LogP contribution in [0.2, 0.25) is 0 Å². The van der Waals surface area contributed by atoms with Gasteiger partial charge in [0.15, 0.2) is 14.5 Å². The van der Waals surface area contributed by atoms with Crippen molar-refractivity contribution in [2.24, 2.45) is 5.92 Å². The molecule has 0 fully saturated rings. The molecular weight excluding hydrogens is 358 g/mol. The standard InChI is InChI=1S/C17H19N3OS3/c1-10(2)9-22-16-19-20-17(24-16)23-11(3)15(21)13-8-18-14-7-5-4-6-12(13)14/h4-8,10-11,18H,9H2,1-3H3/t11-/m1/s1. The Morgan fingerprint density at radius 3 is 2.75 bits per heavy atom. The smallest absolute Gasteiger partial charge is 0.178 e. The maximum Gasteiger partial charge on any atom is 0.178 e. The van der Waals surface area contributed by atoms with Crippen molar-refractivity contribution in [2.75, 3.05) is 5.75 Å². The van der Waals surface area contributed by atoms with Gasteiger partial charge >= 0.3 is 0 Å². The lowest BCUT2D eigenvalue weighted by Gasteiger charge is -2.06. The zero-order valence-electron chi connectivity index (χ0n) is 13.8. The predicted octanol–water partition coefficient (Wildman–Crippen LogP) is 5.13. The molecular formula is C17H19N3OS3. The van der Waals surface area contributed by atoms with Crippen molar-refractivity contribution >= 4 is 51.5 Å². The zero-order valence-corrected chi connectivity index (χ0v) is 16.2. The SMILES string of the molecule is CC(C)CSc1nnc(S[C@H](C)C(=O)c2c[nH]c3ccccc23)s1. The van der Waals surface area contributed by atoms with E-state index in [4.69, 9.17) is 0 Å². The molecule has 0 aliphatic carbocycles. The monoisotopic (exact) mass is 377 g/mol. The number of rotatable bonds is 7. The number of benzene rings is 1. The number of carbonyl (C=O) groups is 1. The van der Waals surface area contributed by atoms with E-state index in [1.807, 2.05) is 31.2 Å². The molecule has 24 heavy (non-hydrogen) atoms. The van der Waals surface area contributed by atoms with Gasteiger partial charge in [-0.1, -0.05) is 66.9 Å². The van der Waals surface area contributed by atoms with Crippen molar-refractivity contribution in [1.29, 1.82) is 0 Å². The summed E-state index contributed by atoms with van der Waals surface area (Å²) in [5, 5.41) is 9.20. The highest BCUT2D eigenvalue weighted by Crippen LogP contribution is 2.33. The highest BCUT2D eigenvalue weighted by molar-refractivity contribution is 8.04. The summed E-state index contributed by atoms with van der Waals surface area (Å²) in [5.41, 5.74) is 1.73. The van der Waals surface area contributed by atoms with Gasteiger partial charge in [-0.25, -0.2) is 0 Å². The normalized spacial score (nSPS) is 12.8. The molecule has 0 radical (unpaired) electrons. The topological polar surface area (TPSA) is 58.6 Å². The molecule has 0 saturated carbocycles. The predicted molar refractivity (Wildman–Crippen MR) is 103 cm³/mol. The molecule has 0 aliphatic rings. The van der Waals surface area contributed by atoms with E-state index in [0.29, 0.717) is 5.92 Å². The maximum atomic E-state index is 12.8. The molecule has 4 nitrogen and oxygen atoms in total. The molecule has 1 aromatic carbocycles. The largest absolute Gasteiger partial charge is 0.360 e. The summed E-state index contributed by atoms with van der Waals surface area (Å²) in [6.07, 6.45) is 1.80. The number of carbonyl (C=O) groups excluding carboxylic acids is 1. The van der Waals surface area contributed by atoms with Crippen LogP contribution in [0.4, 0.5) is 0 Å². The average molecular weight is 378 g/mol. The maximum absolute atomic E-state index is 12.8. The van der Waals surface area contributed by atoms with Crippen LogP contribution in [-0.2, 0) is 0 Å². The van der Waals surface area contributed by atoms with Gasteiger partial charge in [-0.2, -0.15) is 0 Å². The Morgan fingerprint density at radius 1 is 1.21 bits per heavy atom. The minimum Gasteiger partial charge on any atom is -0.360 e. The van der Waals surface area contributed by atoms with Crippen molar-refractivity contribution in [2.45, 2.75) is 34.7 Å². The van der Waals surface area contributed by atoms with Gasteiger partial charge in [-0.15, -0.1) is 10.2 Å². The van der Waals surface area contributed by atoms with E-state index in [2.05, 4.69) is 29.0 Å². The van der Waals surface area contributed by atoms with Gasteiger partial charge in [0.2, 0.25) is 0 Å². The molecule has 0 spiro atoms. The summed E-state index contributed by atoms with van der Waals surface area (Å²) >= 11 is 4.77. The van der Waals surface area contributed by atoms with E-state index >= 15 is 0 Å². The minimum atomic E-state index is -0.194. The molecule has 3 rings (SSSR count). The van der Waals surface area contributed by atoms with Crippen molar-refractivity contribution < 1.29 is 4.79 Å². The number of aromatic nitrogens is 3. The fraction of sp³-hybridized carbons (Fsp3) is 0.353. The Kier molecular flexibility index (Phi) is 5.63. The molecule has 0 bridgehead atoms. The number of hydrogen-bond acceptors (Lipinski definition) is 6. The first-order valence-electron chi connectivity index (χ1n) is 7.78. The summed E-state index contributed by atoms with van der Waals surface area (Å²) in [4.78, 5) is 15.9. The number of ketones is 1. The van der Waals surface area contributed by atoms with Crippen LogP contribution in [0.1, 0.15) is 31.1 Å². The molecule has 0 aliphatic heterocycles. The summed E-state index contributed by atoms with van der Waals surface area (Å²) in [6, 6.07) is 7.87. The lowest BCUT2D eigenvalue weighted by molar-refractivity contribution is 0.0995. The second kappa shape index (κ2) is 7.72. The fourth-order valence-corrected chi connectivity index (χ4v) is 5.45. The van der Waals surface area contributed by atoms with Crippen LogP contribution in [0.5, 0.6) is 0 Å². The summed E-state index contributed by atoms with van der Waals surface area (Å²) in [7, 11) is 0. The van der Waals surface area contributed by atoms with Crippen LogP contribution in [0.3, 0.4) is 0 Å². The molecule has 2 heterocycles. The molecule has 0 saturated heterocycles. The van der Waals surface area contributed by atoms with Crippen LogP contribution >= 0.6 is 34.9 Å².